The van der Waals surface area contributed by atoms with Gasteiger partial charge >= 0.3 is 0 Å². The van der Waals surface area contributed by atoms with E-state index in [2.05, 4.69) is 9.98 Å². The van der Waals surface area contributed by atoms with Crippen LogP contribution in [0.2, 0.25) is 0 Å². The Hall–Kier alpha value is -2.49. The third-order valence-electron chi connectivity index (χ3n) is 2.89. The van der Waals surface area contributed by atoms with Gasteiger partial charge < -0.3 is 4.74 Å². The molecule has 0 N–H and O–H groups in total. The van der Waals surface area contributed by atoms with Crippen LogP contribution in [-0.4, -0.2) is 29.3 Å². The summed E-state index contributed by atoms with van der Waals surface area (Å²) in [5, 5.41) is 0. The highest BCUT2D eigenvalue weighted by Crippen LogP contribution is 2.14. The molecular formula is C15H12N2O2. The van der Waals surface area contributed by atoms with Crippen molar-refractivity contribution in [1.29, 1.82) is 0 Å². The Bertz CT molecular complexity index is 609. The Labute approximate surface area is 110 Å². The second-order valence-electron chi connectivity index (χ2n) is 4.21. The van der Waals surface area contributed by atoms with Crippen molar-refractivity contribution in [1.82, 2.24) is 4.98 Å². The fourth-order valence-electron chi connectivity index (χ4n) is 1.93. The molecule has 2 heterocycles. The predicted molar refractivity (Wildman–Crippen MR) is 71.3 cm³/mol. The van der Waals surface area contributed by atoms with Crippen molar-refractivity contribution in [3.8, 4) is 0 Å². The highest BCUT2D eigenvalue weighted by molar-refractivity contribution is 6.03. The summed E-state index contributed by atoms with van der Waals surface area (Å²) in [6, 6.07) is 14.3. The standard InChI is InChI=1S/C15H12N2O2/c18-14(12-8-4-5-9-16-12)13-10-19-15(17-13)11-6-2-1-3-7-11/h1-9,13H,10H2. The Morgan fingerprint density at radius 1 is 1.11 bits per heavy atom. The second kappa shape index (κ2) is 5.02. The summed E-state index contributed by atoms with van der Waals surface area (Å²) >= 11 is 0. The first kappa shape index (κ1) is 11.6. The number of Topliss-reactive ketones (excluding diaryl/α,β-unsaturated/α-hetero) is 1. The van der Waals surface area contributed by atoms with Gasteiger partial charge in [0, 0.05) is 11.8 Å². The van der Waals surface area contributed by atoms with E-state index in [1.54, 1.807) is 24.4 Å². The summed E-state index contributed by atoms with van der Waals surface area (Å²) in [4.78, 5) is 20.6. The van der Waals surface area contributed by atoms with Gasteiger partial charge in [-0.1, -0.05) is 24.3 Å². The van der Waals surface area contributed by atoms with Crippen LogP contribution in [0.5, 0.6) is 0 Å². The number of carbonyl (C=O) groups excluding carboxylic acids is 1. The summed E-state index contributed by atoms with van der Waals surface area (Å²) < 4.78 is 5.50. The van der Waals surface area contributed by atoms with E-state index >= 15 is 0 Å². The number of ether oxygens (including phenoxy) is 1. The lowest BCUT2D eigenvalue weighted by molar-refractivity contribution is 0.0943. The van der Waals surface area contributed by atoms with Crippen LogP contribution in [0.25, 0.3) is 0 Å². The van der Waals surface area contributed by atoms with Crippen LogP contribution in [0.15, 0.2) is 59.7 Å². The van der Waals surface area contributed by atoms with Crippen molar-refractivity contribution >= 4 is 11.7 Å². The van der Waals surface area contributed by atoms with Crippen molar-refractivity contribution < 1.29 is 9.53 Å². The van der Waals surface area contributed by atoms with Gasteiger partial charge in [-0.25, -0.2) is 4.99 Å². The summed E-state index contributed by atoms with van der Waals surface area (Å²) in [5.41, 5.74) is 1.31. The lowest BCUT2D eigenvalue weighted by Crippen LogP contribution is -2.20. The van der Waals surface area contributed by atoms with Gasteiger partial charge in [0.25, 0.3) is 0 Å². The predicted octanol–water partition coefficient (Wildman–Crippen LogP) is 2.11. The molecule has 19 heavy (non-hydrogen) atoms. The SMILES string of the molecule is O=C(c1ccccn1)C1COC(c2ccccc2)=N1. The number of rotatable bonds is 3. The summed E-state index contributed by atoms with van der Waals surface area (Å²) in [7, 11) is 0. The van der Waals surface area contributed by atoms with Gasteiger partial charge in [0.1, 0.15) is 12.3 Å². The van der Waals surface area contributed by atoms with Crippen molar-refractivity contribution in [2.75, 3.05) is 6.61 Å². The highest BCUT2D eigenvalue weighted by atomic mass is 16.5. The van der Waals surface area contributed by atoms with Gasteiger partial charge in [0.2, 0.25) is 11.7 Å². The monoisotopic (exact) mass is 252 g/mol. The topological polar surface area (TPSA) is 51.5 Å². The van der Waals surface area contributed by atoms with E-state index in [9.17, 15) is 4.79 Å². The van der Waals surface area contributed by atoms with Crippen LogP contribution in [-0.2, 0) is 4.74 Å². The largest absolute Gasteiger partial charge is 0.475 e. The van der Waals surface area contributed by atoms with Crippen LogP contribution >= 0.6 is 0 Å². The first-order valence-corrected chi connectivity index (χ1v) is 6.06. The van der Waals surface area contributed by atoms with Gasteiger partial charge in [-0.2, -0.15) is 0 Å². The zero-order valence-electron chi connectivity index (χ0n) is 10.2. The minimum atomic E-state index is -0.495. The number of ketones is 1. The first-order chi connectivity index (χ1) is 9.34. The lowest BCUT2D eigenvalue weighted by Gasteiger charge is -2.02. The molecule has 4 nitrogen and oxygen atoms in total. The molecule has 0 radical (unpaired) electrons. The van der Waals surface area contributed by atoms with E-state index < -0.39 is 6.04 Å². The maximum atomic E-state index is 12.2. The second-order valence-corrected chi connectivity index (χ2v) is 4.21. The van der Waals surface area contributed by atoms with Gasteiger partial charge in [-0.3, -0.25) is 9.78 Å². The van der Waals surface area contributed by atoms with Gasteiger partial charge in [0.05, 0.1) is 0 Å². The van der Waals surface area contributed by atoms with Crippen LogP contribution in [0, 0.1) is 0 Å². The Kier molecular flexibility index (Phi) is 3.06. The summed E-state index contributed by atoms with van der Waals surface area (Å²) in [6.45, 7) is 0.277. The number of nitrogens with zero attached hydrogens (tertiary/aromatic N) is 2. The Balaban J connectivity index is 1.82. The molecule has 1 aliphatic heterocycles. The number of aliphatic imine (C=N–C) groups is 1. The number of benzene rings is 1. The fourth-order valence-corrected chi connectivity index (χ4v) is 1.93. The minimum absolute atomic E-state index is 0.105. The van der Waals surface area contributed by atoms with Crippen molar-refractivity contribution in [2.45, 2.75) is 6.04 Å². The third kappa shape index (κ3) is 2.38. The molecule has 2 aromatic rings. The number of hydrogen-bond donors (Lipinski definition) is 0. The molecule has 0 saturated carbocycles. The van der Waals surface area contributed by atoms with Crippen LogP contribution < -0.4 is 0 Å². The van der Waals surface area contributed by atoms with E-state index in [0.29, 0.717) is 11.6 Å². The quantitative estimate of drug-likeness (QED) is 0.786. The van der Waals surface area contributed by atoms with Crippen molar-refractivity contribution in [3.05, 3.63) is 66.0 Å². The van der Waals surface area contributed by atoms with E-state index in [4.69, 9.17) is 4.74 Å². The maximum Gasteiger partial charge on any atom is 0.217 e. The molecule has 1 unspecified atom stereocenters. The number of aromatic nitrogens is 1. The van der Waals surface area contributed by atoms with Gasteiger partial charge in [0.15, 0.2) is 6.04 Å². The van der Waals surface area contributed by atoms with Crippen LogP contribution in [0.3, 0.4) is 0 Å². The van der Waals surface area contributed by atoms with Gasteiger partial charge in [-0.15, -0.1) is 0 Å². The summed E-state index contributed by atoms with van der Waals surface area (Å²) in [6.07, 6.45) is 1.60. The van der Waals surface area contributed by atoms with E-state index in [0.717, 1.165) is 5.56 Å². The molecule has 0 aliphatic carbocycles. The normalized spacial score (nSPS) is 17.7. The van der Waals surface area contributed by atoms with Gasteiger partial charge in [-0.05, 0) is 24.3 Å². The average molecular weight is 252 g/mol. The molecule has 1 aromatic carbocycles. The molecule has 4 heteroatoms. The molecular weight excluding hydrogens is 240 g/mol. The number of pyridine rings is 1. The molecule has 1 aromatic heterocycles. The van der Waals surface area contributed by atoms with Crippen molar-refractivity contribution in [3.63, 3.8) is 0 Å². The fraction of sp³-hybridized carbons (Fsp3) is 0.133. The maximum absolute atomic E-state index is 12.2. The zero-order chi connectivity index (χ0) is 13.1. The molecule has 94 valence electrons. The van der Waals surface area contributed by atoms with E-state index in [-0.39, 0.29) is 12.4 Å². The third-order valence-corrected chi connectivity index (χ3v) is 2.89. The molecule has 1 aliphatic rings. The first-order valence-electron chi connectivity index (χ1n) is 6.06. The Morgan fingerprint density at radius 2 is 1.89 bits per heavy atom. The molecule has 0 spiro atoms. The molecule has 0 amide bonds. The molecule has 0 saturated heterocycles. The molecule has 0 fully saturated rings. The average Bonchev–Trinajstić information content (AvgIpc) is 2.98. The zero-order valence-corrected chi connectivity index (χ0v) is 10.2. The van der Waals surface area contributed by atoms with E-state index in [1.807, 2.05) is 30.3 Å². The number of carbonyl (C=O) groups is 1. The summed E-state index contributed by atoms with van der Waals surface area (Å²) in [5.74, 6) is 0.418. The van der Waals surface area contributed by atoms with E-state index in [1.165, 1.54) is 0 Å². The smallest absolute Gasteiger partial charge is 0.217 e. The highest BCUT2D eigenvalue weighted by Gasteiger charge is 2.27. The van der Waals surface area contributed by atoms with Crippen LogP contribution in [0.4, 0.5) is 0 Å². The van der Waals surface area contributed by atoms with Crippen LogP contribution in [0.1, 0.15) is 16.1 Å². The van der Waals surface area contributed by atoms with Crippen molar-refractivity contribution in [2.24, 2.45) is 4.99 Å². The lowest BCUT2D eigenvalue weighted by atomic mass is 10.1. The Morgan fingerprint density at radius 3 is 2.63 bits per heavy atom. The number of hydrogen-bond acceptors (Lipinski definition) is 4. The molecule has 3 rings (SSSR count). The minimum Gasteiger partial charge on any atom is -0.475 e. The molecule has 1 atom stereocenters. The molecule has 0 bridgehead atoms.